The monoisotopic (exact) mass is 390 g/mol. The summed E-state index contributed by atoms with van der Waals surface area (Å²) in [4.78, 5) is 10.8. The second kappa shape index (κ2) is 7.42. The molecule has 0 spiro atoms. The molecule has 0 saturated heterocycles. The molecule has 2 aromatic carbocycles. The Balaban J connectivity index is 2.12. The maximum absolute atomic E-state index is 13.8. The molecular weight excluding hydrogens is 376 g/mol. The normalized spacial score (nSPS) is 12.0. The van der Waals surface area contributed by atoms with Gasteiger partial charge < -0.3 is 5.32 Å². The van der Waals surface area contributed by atoms with Crippen LogP contribution in [0.1, 0.15) is 18.1 Å². The molecule has 0 unspecified atom stereocenters. The molecule has 2 aromatic rings. The molecule has 10 heteroatoms. The average molecular weight is 390 g/mol. The number of hydrogen-bond acceptors (Lipinski definition) is 3. The SMILES string of the molecule is CC(=O)Nc1ccc(S(=O)(=O)NCc2ccc(C(F)(F)F)cc2F)cc1. The molecule has 2 N–H and O–H groups in total. The maximum atomic E-state index is 13.8. The van der Waals surface area contributed by atoms with Gasteiger partial charge in [-0.25, -0.2) is 17.5 Å². The molecular formula is C16H14F4N2O3S. The highest BCUT2D eigenvalue weighted by molar-refractivity contribution is 7.89. The van der Waals surface area contributed by atoms with E-state index in [1.165, 1.54) is 31.2 Å². The molecule has 0 bridgehead atoms. The molecule has 0 fully saturated rings. The lowest BCUT2D eigenvalue weighted by atomic mass is 10.1. The zero-order valence-electron chi connectivity index (χ0n) is 13.4. The van der Waals surface area contributed by atoms with Crippen molar-refractivity contribution in [1.29, 1.82) is 0 Å². The topological polar surface area (TPSA) is 75.3 Å². The van der Waals surface area contributed by atoms with Gasteiger partial charge in [-0.3, -0.25) is 4.79 Å². The molecule has 0 aliphatic heterocycles. The summed E-state index contributed by atoms with van der Waals surface area (Å²) < 4.78 is 77.7. The molecule has 0 heterocycles. The number of nitrogens with one attached hydrogen (secondary N) is 2. The van der Waals surface area contributed by atoms with E-state index in [-0.39, 0.29) is 16.4 Å². The number of halogens is 4. The first-order valence-electron chi connectivity index (χ1n) is 7.22. The Kier molecular flexibility index (Phi) is 5.67. The van der Waals surface area contributed by atoms with E-state index in [0.717, 1.165) is 6.07 Å². The van der Waals surface area contributed by atoms with Crippen molar-refractivity contribution in [3.05, 3.63) is 59.4 Å². The lowest BCUT2D eigenvalue weighted by molar-refractivity contribution is -0.137. The molecule has 1 amide bonds. The highest BCUT2D eigenvalue weighted by Gasteiger charge is 2.31. The van der Waals surface area contributed by atoms with Gasteiger partial charge in [0.2, 0.25) is 15.9 Å². The van der Waals surface area contributed by atoms with Crippen LogP contribution >= 0.6 is 0 Å². The van der Waals surface area contributed by atoms with Crippen LogP contribution in [-0.2, 0) is 27.5 Å². The Morgan fingerprint density at radius 3 is 2.19 bits per heavy atom. The fourth-order valence-electron chi connectivity index (χ4n) is 2.04. The number of carbonyl (C=O) groups is 1. The van der Waals surface area contributed by atoms with Crippen LogP contribution in [0.3, 0.4) is 0 Å². The number of hydrogen-bond donors (Lipinski definition) is 2. The molecule has 140 valence electrons. The molecule has 0 aromatic heterocycles. The van der Waals surface area contributed by atoms with Crippen molar-refractivity contribution >= 4 is 21.6 Å². The molecule has 0 aliphatic rings. The zero-order valence-corrected chi connectivity index (χ0v) is 14.2. The van der Waals surface area contributed by atoms with Crippen molar-refractivity contribution < 1.29 is 30.8 Å². The molecule has 0 saturated carbocycles. The molecule has 2 rings (SSSR count). The van der Waals surface area contributed by atoms with Gasteiger partial charge in [0, 0.05) is 24.7 Å². The van der Waals surface area contributed by atoms with E-state index in [9.17, 15) is 30.8 Å². The Morgan fingerprint density at radius 1 is 1.08 bits per heavy atom. The number of alkyl halides is 3. The van der Waals surface area contributed by atoms with E-state index < -0.39 is 34.1 Å². The minimum absolute atomic E-state index is 0.140. The van der Waals surface area contributed by atoms with Crippen molar-refractivity contribution in [2.45, 2.75) is 24.5 Å². The number of sulfonamides is 1. The second-order valence-corrected chi connectivity index (χ2v) is 7.10. The van der Waals surface area contributed by atoms with Crippen molar-refractivity contribution in [2.75, 3.05) is 5.32 Å². The van der Waals surface area contributed by atoms with Gasteiger partial charge in [-0.2, -0.15) is 13.2 Å². The van der Waals surface area contributed by atoms with Gasteiger partial charge in [-0.05, 0) is 36.4 Å². The predicted octanol–water partition coefficient (Wildman–Crippen LogP) is 3.28. The minimum atomic E-state index is -4.69. The first-order chi connectivity index (χ1) is 12.0. The first-order valence-corrected chi connectivity index (χ1v) is 8.70. The van der Waals surface area contributed by atoms with E-state index in [1.807, 2.05) is 0 Å². The summed E-state index contributed by atoms with van der Waals surface area (Å²) in [5, 5.41) is 2.47. The van der Waals surface area contributed by atoms with E-state index in [2.05, 4.69) is 10.0 Å². The molecule has 26 heavy (non-hydrogen) atoms. The van der Waals surface area contributed by atoms with Crippen LogP contribution in [0.2, 0.25) is 0 Å². The average Bonchev–Trinajstić information content (AvgIpc) is 2.52. The van der Waals surface area contributed by atoms with E-state index in [0.29, 0.717) is 17.8 Å². The van der Waals surface area contributed by atoms with Gasteiger partial charge in [-0.1, -0.05) is 6.07 Å². The smallest absolute Gasteiger partial charge is 0.326 e. The lowest BCUT2D eigenvalue weighted by Gasteiger charge is -2.11. The molecule has 0 radical (unpaired) electrons. The van der Waals surface area contributed by atoms with Crippen LogP contribution in [0.15, 0.2) is 47.4 Å². The maximum Gasteiger partial charge on any atom is 0.416 e. The van der Waals surface area contributed by atoms with Crippen molar-refractivity contribution in [3.8, 4) is 0 Å². The highest BCUT2D eigenvalue weighted by Crippen LogP contribution is 2.30. The zero-order chi connectivity index (χ0) is 19.5. The number of amides is 1. The Bertz CT molecular complexity index is 910. The number of carbonyl (C=O) groups excluding carboxylic acids is 1. The summed E-state index contributed by atoms with van der Waals surface area (Å²) >= 11 is 0. The third kappa shape index (κ3) is 5.02. The van der Waals surface area contributed by atoms with Crippen molar-refractivity contribution in [1.82, 2.24) is 4.72 Å². The summed E-state index contributed by atoms with van der Waals surface area (Å²) in [7, 11) is -4.01. The van der Waals surface area contributed by atoms with E-state index in [1.54, 1.807) is 0 Å². The predicted molar refractivity (Wildman–Crippen MR) is 86.2 cm³/mol. The fraction of sp³-hybridized carbons (Fsp3) is 0.188. The van der Waals surface area contributed by atoms with E-state index >= 15 is 0 Å². The Morgan fingerprint density at radius 2 is 1.69 bits per heavy atom. The van der Waals surface area contributed by atoms with Crippen LogP contribution < -0.4 is 10.0 Å². The van der Waals surface area contributed by atoms with Gasteiger partial charge in [0.05, 0.1) is 10.5 Å². The fourth-order valence-corrected chi connectivity index (χ4v) is 3.05. The van der Waals surface area contributed by atoms with Gasteiger partial charge in [0.15, 0.2) is 0 Å². The second-order valence-electron chi connectivity index (χ2n) is 5.33. The standard InChI is InChI=1S/C16H14F4N2O3S/c1-10(23)22-13-4-6-14(7-5-13)26(24,25)21-9-11-2-3-12(8-15(11)17)16(18,19)20/h2-8,21H,9H2,1H3,(H,22,23). The summed E-state index contributed by atoms with van der Waals surface area (Å²) in [6, 6.07) is 7.07. The summed E-state index contributed by atoms with van der Waals surface area (Å²) in [5.74, 6) is -1.49. The van der Waals surface area contributed by atoms with Crippen LogP contribution in [0, 0.1) is 5.82 Å². The summed E-state index contributed by atoms with van der Waals surface area (Å²) in [6.07, 6.45) is -4.69. The van der Waals surface area contributed by atoms with Crippen LogP contribution in [0.4, 0.5) is 23.2 Å². The largest absolute Gasteiger partial charge is 0.416 e. The lowest BCUT2D eigenvalue weighted by Crippen LogP contribution is -2.24. The van der Waals surface area contributed by atoms with Gasteiger partial charge in [0.1, 0.15) is 5.82 Å². The molecule has 5 nitrogen and oxygen atoms in total. The Hall–Kier alpha value is -2.46. The van der Waals surface area contributed by atoms with E-state index in [4.69, 9.17) is 0 Å². The van der Waals surface area contributed by atoms with Crippen molar-refractivity contribution in [2.24, 2.45) is 0 Å². The number of rotatable bonds is 5. The van der Waals surface area contributed by atoms with Gasteiger partial charge in [-0.15, -0.1) is 0 Å². The number of benzene rings is 2. The summed E-state index contributed by atoms with van der Waals surface area (Å²) in [5.41, 5.74) is -0.989. The molecule has 0 atom stereocenters. The third-order valence-electron chi connectivity index (χ3n) is 3.32. The number of anilines is 1. The Labute approximate surface area is 147 Å². The van der Waals surface area contributed by atoms with Crippen LogP contribution in [0.25, 0.3) is 0 Å². The summed E-state index contributed by atoms with van der Waals surface area (Å²) in [6.45, 7) is 0.782. The first kappa shape index (κ1) is 19.9. The minimum Gasteiger partial charge on any atom is -0.326 e. The van der Waals surface area contributed by atoms with Crippen LogP contribution in [0.5, 0.6) is 0 Å². The highest BCUT2D eigenvalue weighted by atomic mass is 32.2. The third-order valence-corrected chi connectivity index (χ3v) is 4.74. The van der Waals surface area contributed by atoms with Gasteiger partial charge in [0.25, 0.3) is 0 Å². The van der Waals surface area contributed by atoms with Gasteiger partial charge >= 0.3 is 6.18 Å². The molecule has 0 aliphatic carbocycles. The van der Waals surface area contributed by atoms with Crippen LogP contribution in [-0.4, -0.2) is 14.3 Å². The quantitative estimate of drug-likeness (QED) is 0.770. The van der Waals surface area contributed by atoms with Crippen molar-refractivity contribution in [3.63, 3.8) is 0 Å².